The van der Waals surface area contributed by atoms with Gasteiger partial charge in [-0.15, -0.1) is 0 Å². The summed E-state index contributed by atoms with van der Waals surface area (Å²) in [4.78, 5) is 31.0. The molecule has 0 saturated carbocycles. The molecule has 0 unspecified atom stereocenters. The van der Waals surface area contributed by atoms with Crippen LogP contribution < -0.4 is 15.0 Å². The van der Waals surface area contributed by atoms with E-state index in [1.807, 2.05) is 60.1 Å². The van der Waals surface area contributed by atoms with Crippen LogP contribution in [0.15, 0.2) is 73.1 Å². The number of hydrogen-bond donors (Lipinski definition) is 1. The van der Waals surface area contributed by atoms with Crippen LogP contribution in [0.25, 0.3) is 5.65 Å². The second-order valence-electron chi connectivity index (χ2n) is 8.17. The van der Waals surface area contributed by atoms with Crippen LogP contribution in [0, 0.1) is 6.92 Å². The zero-order valence-corrected chi connectivity index (χ0v) is 18.3. The summed E-state index contributed by atoms with van der Waals surface area (Å²) in [5, 5.41) is 2.90. The largest absolute Gasteiger partial charge is 0.487 e. The third-order valence-corrected chi connectivity index (χ3v) is 5.64. The fraction of sp³-hybridized carbons (Fsp3) is 0.192. The number of fused-ring (bicyclic) bond motifs is 1. The van der Waals surface area contributed by atoms with Crippen molar-refractivity contribution in [1.82, 2.24) is 9.38 Å². The molecule has 1 saturated heterocycles. The Morgan fingerprint density at radius 3 is 2.73 bits per heavy atom. The Morgan fingerprint density at radius 2 is 1.94 bits per heavy atom. The Hall–Kier alpha value is -4.13. The lowest BCUT2D eigenvalue weighted by Gasteiger charge is -2.16. The van der Waals surface area contributed by atoms with Crippen molar-refractivity contribution in [3.8, 4) is 5.75 Å². The predicted octanol–water partition coefficient (Wildman–Crippen LogP) is 4.60. The summed E-state index contributed by atoms with van der Waals surface area (Å²) in [7, 11) is 0. The molecule has 0 aliphatic carbocycles. The number of hydrogen-bond acceptors (Lipinski definition) is 4. The summed E-state index contributed by atoms with van der Waals surface area (Å²) in [6.45, 7) is 3.10. The summed E-state index contributed by atoms with van der Waals surface area (Å²) >= 11 is 0. The van der Waals surface area contributed by atoms with Gasteiger partial charge >= 0.3 is 0 Å². The van der Waals surface area contributed by atoms with Crippen LogP contribution >= 0.6 is 0 Å². The van der Waals surface area contributed by atoms with Gasteiger partial charge in [0, 0.05) is 42.3 Å². The Balaban J connectivity index is 1.21. The van der Waals surface area contributed by atoms with Gasteiger partial charge in [0.1, 0.15) is 18.0 Å². The molecule has 1 aliphatic heterocycles. The predicted molar refractivity (Wildman–Crippen MR) is 127 cm³/mol. The monoisotopic (exact) mass is 440 g/mol. The van der Waals surface area contributed by atoms with Crippen LogP contribution in [0.5, 0.6) is 5.75 Å². The fourth-order valence-electron chi connectivity index (χ4n) is 3.96. The van der Waals surface area contributed by atoms with Gasteiger partial charge in [-0.2, -0.15) is 0 Å². The fourth-order valence-corrected chi connectivity index (χ4v) is 3.96. The summed E-state index contributed by atoms with van der Waals surface area (Å²) in [5.74, 6) is 0.560. The zero-order valence-electron chi connectivity index (χ0n) is 18.3. The van der Waals surface area contributed by atoms with Gasteiger partial charge < -0.3 is 19.4 Å². The van der Waals surface area contributed by atoms with Crippen molar-refractivity contribution in [2.45, 2.75) is 26.4 Å². The highest BCUT2D eigenvalue weighted by molar-refractivity contribution is 6.05. The average Bonchev–Trinajstić information content (AvgIpc) is 3.43. The van der Waals surface area contributed by atoms with Crippen molar-refractivity contribution in [3.63, 3.8) is 0 Å². The Bertz CT molecular complexity index is 1330. The van der Waals surface area contributed by atoms with Crippen LogP contribution in [-0.2, 0) is 11.4 Å². The van der Waals surface area contributed by atoms with Gasteiger partial charge in [0.2, 0.25) is 5.91 Å². The normalized spacial score (nSPS) is 13.5. The van der Waals surface area contributed by atoms with E-state index in [1.54, 1.807) is 29.2 Å². The molecule has 4 aromatic rings. The van der Waals surface area contributed by atoms with Crippen molar-refractivity contribution in [1.29, 1.82) is 0 Å². The molecule has 2 aromatic carbocycles. The van der Waals surface area contributed by atoms with Crippen molar-refractivity contribution in [2.24, 2.45) is 0 Å². The van der Waals surface area contributed by atoms with E-state index in [1.165, 1.54) is 0 Å². The van der Waals surface area contributed by atoms with Crippen LogP contribution in [0.2, 0.25) is 0 Å². The standard InChI is InChI=1S/C26H24N4O3/c1-18-7-12-24-27-21(16-29(24)15-18)17-33-23-10-8-19(9-11-23)26(32)28-20-4-2-5-22(14-20)30-13-3-6-25(30)31/h2,4-5,7-12,14-16H,3,6,13,17H2,1H3,(H,28,32). The quantitative estimate of drug-likeness (QED) is 0.475. The van der Waals surface area contributed by atoms with E-state index in [0.717, 1.165) is 29.0 Å². The number of nitrogens with zero attached hydrogens (tertiary/aromatic N) is 3. The maximum atomic E-state index is 12.7. The van der Waals surface area contributed by atoms with Crippen molar-refractivity contribution >= 4 is 28.8 Å². The molecule has 0 atom stereocenters. The lowest BCUT2D eigenvalue weighted by Crippen LogP contribution is -2.23. The highest BCUT2D eigenvalue weighted by Gasteiger charge is 2.21. The molecule has 0 spiro atoms. The Kier molecular flexibility index (Phi) is 5.52. The van der Waals surface area contributed by atoms with Gasteiger partial charge in [-0.25, -0.2) is 4.98 Å². The van der Waals surface area contributed by atoms with E-state index in [-0.39, 0.29) is 11.8 Å². The number of amides is 2. The molecule has 7 nitrogen and oxygen atoms in total. The third kappa shape index (κ3) is 4.57. The summed E-state index contributed by atoms with van der Waals surface area (Å²) in [6.07, 6.45) is 5.41. The molecule has 0 radical (unpaired) electrons. The van der Waals surface area contributed by atoms with E-state index < -0.39 is 0 Å². The number of imidazole rings is 1. The van der Waals surface area contributed by atoms with Crippen LogP contribution in [0.1, 0.15) is 34.5 Å². The van der Waals surface area contributed by atoms with Crippen LogP contribution in [0.3, 0.4) is 0 Å². The van der Waals surface area contributed by atoms with Crippen molar-refractivity contribution < 1.29 is 14.3 Å². The van der Waals surface area contributed by atoms with E-state index in [0.29, 0.717) is 36.6 Å². The van der Waals surface area contributed by atoms with Crippen LogP contribution in [0.4, 0.5) is 11.4 Å². The Labute approximate surface area is 191 Å². The molecule has 1 fully saturated rings. The number of benzene rings is 2. The van der Waals surface area contributed by atoms with Gasteiger partial charge in [-0.1, -0.05) is 12.1 Å². The first-order valence-corrected chi connectivity index (χ1v) is 10.9. The topological polar surface area (TPSA) is 75.9 Å². The third-order valence-electron chi connectivity index (χ3n) is 5.64. The molecule has 2 amide bonds. The van der Waals surface area contributed by atoms with E-state index in [2.05, 4.69) is 10.3 Å². The maximum absolute atomic E-state index is 12.7. The smallest absolute Gasteiger partial charge is 0.255 e. The molecular formula is C26H24N4O3. The van der Waals surface area contributed by atoms with Gasteiger partial charge in [0.15, 0.2) is 0 Å². The number of aryl methyl sites for hydroxylation is 1. The number of carbonyl (C=O) groups is 2. The first-order chi connectivity index (χ1) is 16.0. The van der Waals surface area contributed by atoms with Crippen molar-refractivity contribution in [2.75, 3.05) is 16.8 Å². The number of pyridine rings is 1. The number of ether oxygens (including phenoxy) is 1. The molecule has 7 heteroatoms. The molecule has 5 rings (SSSR count). The highest BCUT2D eigenvalue weighted by Crippen LogP contribution is 2.25. The van der Waals surface area contributed by atoms with E-state index in [9.17, 15) is 9.59 Å². The molecule has 1 N–H and O–H groups in total. The van der Waals surface area contributed by atoms with Gasteiger partial charge in [-0.3, -0.25) is 9.59 Å². The number of aromatic nitrogens is 2. The summed E-state index contributed by atoms with van der Waals surface area (Å²) in [5.41, 5.74) is 4.86. The lowest BCUT2D eigenvalue weighted by atomic mass is 10.2. The van der Waals surface area contributed by atoms with Gasteiger partial charge in [0.25, 0.3) is 5.91 Å². The molecule has 0 bridgehead atoms. The van der Waals surface area contributed by atoms with Crippen LogP contribution in [-0.4, -0.2) is 27.7 Å². The minimum atomic E-state index is -0.220. The van der Waals surface area contributed by atoms with Crippen molar-refractivity contribution in [3.05, 3.63) is 89.9 Å². The summed E-state index contributed by atoms with van der Waals surface area (Å²) < 4.78 is 7.82. The zero-order chi connectivity index (χ0) is 22.8. The lowest BCUT2D eigenvalue weighted by molar-refractivity contribution is -0.117. The molecule has 166 valence electrons. The number of nitrogens with one attached hydrogen (secondary N) is 1. The highest BCUT2D eigenvalue weighted by atomic mass is 16.5. The maximum Gasteiger partial charge on any atom is 0.255 e. The minimum Gasteiger partial charge on any atom is -0.487 e. The van der Waals surface area contributed by atoms with Gasteiger partial charge in [-0.05, 0) is 67.4 Å². The first kappa shape index (κ1) is 20.8. The molecular weight excluding hydrogens is 416 g/mol. The summed E-state index contributed by atoms with van der Waals surface area (Å²) in [6, 6.07) is 18.4. The second-order valence-corrected chi connectivity index (χ2v) is 8.17. The minimum absolute atomic E-state index is 0.118. The molecule has 2 aromatic heterocycles. The number of anilines is 2. The van der Waals surface area contributed by atoms with Gasteiger partial charge in [0.05, 0.1) is 5.69 Å². The van der Waals surface area contributed by atoms with E-state index >= 15 is 0 Å². The SMILES string of the molecule is Cc1ccc2nc(COc3ccc(C(=O)Nc4cccc(N5CCCC5=O)c4)cc3)cn2c1. The second kappa shape index (κ2) is 8.78. The number of rotatable bonds is 6. The van der Waals surface area contributed by atoms with E-state index in [4.69, 9.17) is 4.74 Å². The Morgan fingerprint density at radius 1 is 1.09 bits per heavy atom. The first-order valence-electron chi connectivity index (χ1n) is 10.9. The average molecular weight is 441 g/mol. The molecule has 1 aliphatic rings. The molecule has 3 heterocycles. The number of carbonyl (C=O) groups excluding carboxylic acids is 2. The molecule has 33 heavy (non-hydrogen) atoms.